The summed E-state index contributed by atoms with van der Waals surface area (Å²) in [5, 5.41) is 0. The third-order valence-corrected chi connectivity index (χ3v) is 3.05. The van der Waals surface area contributed by atoms with E-state index in [-0.39, 0.29) is 18.0 Å². The maximum atomic E-state index is 11.3. The summed E-state index contributed by atoms with van der Waals surface area (Å²) in [7, 11) is -0.154. The lowest BCUT2D eigenvalue weighted by molar-refractivity contribution is -0.148. The van der Waals surface area contributed by atoms with E-state index in [4.69, 9.17) is 9.16 Å². The van der Waals surface area contributed by atoms with E-state index in [0.717, 1.165) is 6.42 Å². The Morgan fingerprint density at radius 2 is 1.86 bits per heavy atom. The van der Waals surface area contributed by atoms with E-state index in [9.17, 15) is 4.79 Å². The first kappa shape index (κ1) is 13.6. The summed E-state index contributed by atoms with van der Waals surface area (Å²) in [6, 6.07) is 0. The molecule has 0 N–H and O–H groups in total. The minimum Gasteiger partial charge on any atom is -0.469 e. The van der Waals surface area contributed by atoms with Gasteiger partial charge in [-0.1, -0.05) is 6.92 Å². The van der Waals surface area contributed by atoms with Crippen molar-refractivity contribution in [2.24, 2.45) is 5.92 Å². The van der Waals surface area contributed by atoms with Gasteiger partial charge in [0, 0.05) is 0 Å². The minimum absolute atomic E-state index is 0.00545. The largest absolute Gasteiger partial charge is 0.469 e. The maximum absolute atomic E-state index is 11.3. The third kappa shape index (κ3) is 4.76. The van der Waals surface area contributed by atoms with Crippen molar-refractivity contribution in [3.8, 4) is 0 Å². The summed E-state index contributed by atoms with van der Waals surface area (Å²) in [4.78, 5) is 11.3. The van der Waals surface area contributed by atoms with Crippen molar-refractivity contribution >= 4 is 14.3 Å². The molecule has 84 valence electrons. The lowest BCUT2D eigenvalue weighted by Crippen LogP contribution is -2.38. The Hall–Kier alpha value is -0.353. The van der Waals surface area contributed by atoms with Gasteiger partial charge in [-0.25, -0.2) is 0 Å². The van der Waals surface area contributed by atoms with E-state index in [0.29, 0.717) is 0 Å². The van der Waals surface area contributed by atoms with Gasteiger partial charge in [-0.3, -0.25) is 4.79 Å². The van der Waals surface area contributed by atoms with Crippen LogP contribution in [0.15, 0.2) is 0 Å². The molecule has 0 amide bonds. The van der Waals surface area contributed by atoms with Crippen molar-refractivity contribution in [2.45, 2.75) is 46.0 Å². The van der Waals surface area contributed by atoms with Gasteiger partial charge >= 0.3 is 5.97 Å². The SMILES string of the molecule is CC[C@@H](O[Si](C)(C)C)[C@@H](C)C(=O)OC. The normalized spacial score (nSPS) is 16.1. The second-order valence-electron chi connectivity index (χ2n) is 4.49. The van der Waals surface area contributed by atoms with Gasteiger partial charge in [-0.2, -0.15) is 0 Å². The summed E-state index contributed by atoms with van der Waals surface area (Å²) >= 11 is 0. The third-order valence-electron chi connectivity index (χ3n) is 2.04. The van der Waals surface area contributed by atoms with Crippen LogP contribution >= 0.6 is 0 Å². The number of carbonyl (C=O) groups is 1. The Balaban J connectivity index is 4.33. The van der Waals surface area contributed by atoms with Crippen LogP contribution in [-0.4, -0.2) is 27.5 Å². The average Bonchev–Trinajstić information content (AvgIpc) is 2.10. The zero-order chi connectivity index (χ0) is 11.4. The molecule has 0 saturated carbocycles. The van der Waals surface area contributed by atoms with Gasteiger partial charge in [-0.05, 0) is 33.0 Å². The molecule has 0 aliphatic heterocycles. The lowest BCUT2D eigenvalue weighted by atomic mass is 10.0. The molecule has 0 heterocycles. The number of methoxy groups -OCH3 is 1. The zero-order valence-corrected chi connectivity index (χ0v) is 11.1. The van der Waals surface area contributed by atoms with Crippen LogP contribution in [0.25, 0.3) is 0 Å². The van der Waals surface area contributed by atoms with Crippen molar-refractivity contribution in [3.05, 3.63) is 0 Å². The van der Waals surface area contributed by atoms with Crippen LogP contribution in [0.1, 0.15) is 20.3 Å². The smallest absolute Gasteiger partial charge is 0.310 e. The zero-order valence-electron chi connectivity index (χ0n) is 10.1. The first-order valence-corrected chi connectivity index (χ1v) is 8.48. The number of carbonyl (C=O) groups excluding carboxylic acids is 1. The van der Waals surface area contributed by atoms with E-state index in [1.54, 1.807) is 0 Å². The molecule has 3 nitrogen and oxygen atoms in total. The molecule has 0 radical (unpaired) electrons. The quantitative estimate of drug-likeness (QED) is 0.525. The van der Waals surface area contributed by atoms with Crippen LogP contribution in [0.4, 0.5) is 0 Å². The Morgan fingerprint density at radius 1 is 1.36 bits per heavy atom. The molecule has 0 rings (SSSR count). The van der Waals surface area contributed by atoms with Crippen LogP contribution in [0.3, 0.4) is 0 Å². The van der Waals surface area contributed by atoms with Crippen molar-refractivity contribution < 1.29 is 14.0 Å². The molecule has 0 fully saturated rings. The molecule has 14 heavy (non-hydrogen) atoms. The highest BCUT2D eigenvalue weighted by molar-refractivity contribution is 6.69. The fourth-order valence-corrected chi connectivity index (χ4v) is 2.61. The first-order valence-electron chi connectivity index (χ1n) is 5.07. The molecule has 2 atom stereocenters. The lowest BCUT2D eigenvalue weighted by Gasteiger charge is -2.28. The van der Waals surface area contributed by atoms with Crippen molar-refractivity contribution in [1.82, 2.24) is 0 Å². The molecule has 0 aromatic rings. The summed E-state index contributed by atoms with van der Waals surface area (Å²) in [5.41, 5.74) is 0. The summed E-state index contributed by atoms with van der Waals surface area (Å²) in [6.07, 6.45) is 0.842. The van der Waals surface area contributed by atoms with Gasteiger partial charge in [0.25, 0.3) is 0 Å². The van der Waals surface area contributed by atoms with Crippen LogP contribution in [0, 0.1) is 5.92 Å². The maximum Gasteiger partial charge on any atom is 0.310 e. The number of rotatable bonds is 5. The molecule has 0 aromatic heterocycles. The predicted octanol–water partition coefficient (Wildman–Crippen LogP) is 2.43. The van der Waals surface area contributed by atoms with E-state index < -0.39 is 8.32 Å². The van der Waals surface area contributed by atoms with Crippen LogP contribution in [0.5, 0.6) is 0 Å². The Kier molecular flexibility index (Phi) is 5.37. The molecule has 0 saturated heterocycles. The highest BCUT2D eigenvalue weighted by Gasteiger charge is 2.28. The van der Waals surface area contributed by atoms with Gasteiger partial charge in [0.15, 0.2) is 8.32 Å². The highest BCUT2D eigenvalue weighted by atomic mass is 28.4. The van der Waals surface area contributed by atoms with Crippen LogP contribution in [-0.2, 0) is 14.0 Å². The number of esters is 1. The first-order chi connectivity index (χ1) is 6.31. The second kappa shape index (κ2) is 5.51. The van der Waals surface area contributed by atoms with Gasteiger partial charge in [0.05, 0.1) is 19.1 Å². The molecule has 0 aromatic carbocycles. The molecular formula is C10H22O3Si. The average molecular weight is 218 g/mol. The van der Waals surface area contributed by atoms with Crippen molar-refractivity contribution in [3.63, 3.8) is 0 Å². The molecule has 0 unspecified atom stereocenters. The minimum atomic E-state index is -1.57. The van der Waals surface area contributed by atoms with Crippen molar-refractivity contribution in [1.29, 1.82) is 0 Å². The topological polar surface area (TPSA) is 35.5 Å². The molecule has 0 spiro atoms. The van der Waals surface area contributed by atoms with Gasteiger partial charge in [0.2, 0.25) is 0 Å². The summed E-state index contributed by atoms with van der Waals surface area (Å²) in [5.74, 6) is -0.355. The van der Waals surface area contributed by atoms with Crippen LogP contribution in [0.2, 0.25) is 19.6 Å². The van der Waals surface area contributed by atoms with E-state index in [1.807, 2.05) is 13.8 Å². The summed E-state index contributed by atoms with van der Waals surface area (Å²) < 4.78 is 10.6. The highest BCUT2D eigenvalue weighted by Crippen LogP contribution is 2.18. The second-order valence-corrected chi connectivity index (χ2v) is 8.95. The van der Waals surface area contributed by atoms with E-state index in [1.165, 1.54) is 7.11 Å². The van der Waals surface area contributed by atoms with Crippen molar-refractivity contribution in [2.75, 3.05) is 7.11 Å². The van der Waals surface area contributed by atoms with Crippen LogP contribution < -0.4 is 0 Å². The monoisotopic (exact) mass is 218 g/mol. The Morgan fingerprint density at radius 3 is 2.14 bits per heavy atom. The van der Waals surface area contributed by atoms with Gasteiger partial charge in [0.1, 0.15) is 0 Å². The van der Waals surface area contributed by atoms with Gasteiger partial charge < -0.3 is 9.16 Å². The standard InChI is InChI=1S/C10H22O3Si/c1-7-9(13-14(4,5)6)8(2)10(11)12-3/h8-9H,7H2,1-6H3/t8-,9-/m1/s1. The number of hydrogen-bond acceptors (Lipinski definition) is 3. The molecule has 0 aliphatic carbocycles. The predicted molar refractivity (Wildman–Crippen MR) is 59.7 cm³/mol. The molecule has 0 bridgehead atoms. The molecule has 0 aliphatic rings. The molecule has 4 heteroatoms. The number of ether oxygens (including phenoxy) is 1. The van der Waals surface area contributed by atoms with E-state index >= 15 is 0 Å². The molecular weight excluding hydrogens is 196 g/mol. The number of hydrogen-bond donors (Lipinski definition) is 0. The summed E-state index contributed by atoms with van der Waals surface area (Å²) in [6.45, 7) is 10.3. The van der Waals surface area contributed by atoms with E-state index in [2.05, 4.69) is 19.6 Å². The Bertz CT molecular complexity index is 186. The Labute approximate surface area is 87.9 Å². The fraction of sp³-hybridized carbons (Fsp3) is 0.900. The van der Waals surface area contributed by atoms with Gasteiger partial charge in [-0.15, -0.1) is 0 Å². The fourth-order valence-electron chi connectivity index (χ4n) is 1.33.